The molecule has 0 spiro atoms. The summed E-state index contributed by atoms with van der Waals surface area (Å²) in [6, 6.07) is 21.4. The minimum atomic E-state index is -1.00. The molecule has 3 amide bonds. The maximum absolute atomic E-state index is 13.4. The van der Waals surface area contributed by atoms with Crippen molar-refractivity contribution in [3.8, 4) is 11.5 Å². The van der Waals surface area contributed by atoms with E-state index in [1.807, 2.05) is 30.3 Å². The number of ether oxygens (including phenoxy) is 3. The molecule has 3 aromatic rings. The van der Waals surface area contributed by atoms with Crippen LogP contribution in [-0.4, -0.2) is 49.6 Å². The topological polar surface area (TPSA) is 106 Å². The fourth-order valence-electron chi connectivity index (χ4n) is 4.28. The Bertz CT molecular complexity index is 1230. The van der Waals surface area contributed by atoms with E-state index < -0.39 is 30.0 Å². The molecule has 2 atom stereocenters. The first-order valence-electron chi connectivity index (χ1n) is 12.3. The summed E-state index contributed by atoms with van der Waals surface area (Å²) in [5, 5.41) is 5.69. The number of hydrogen-bond donors (Lipinski definition) is 2. The van der Waals surface area contributed by atoms with Crippen LogP contribution in [0.1, 0.15) is 30.0 Å². The van der Waals surface area contributed by atoms with E-state index in [4.69, 9.17) is 14.2 Å². The predicted molar refractivity (Wildman–Crippen MR) is 142 cm³/mol. The molecule has 0 saturated carbocycles. The third-order valence-corrected chi connectivity index (χ3v) is 6.35. The van der Waals surface area contributed by atoms with Crippen molar-refractivity contribution < 1.29 is 28.6 Å². The van der Waals surface area contributed by atoms with Gasteiger partial charge in [-0.2, -0.15) is 0 Å². The zero-order valence-electron chi connectivity index (χ0n) is 21.4. The Morgan fingerprint density at radius 2 is 1.53 bits per heavy atom. The van der Waals surface area contributed by atoms with E-state index in [1.165, 1.54) is 4.90 Å². The summed E-state index contributed by atoms with van der Waals surface area (Å²) < 4.78 is 15.9. The Morgan fingerprint density at radius 3 is 2.16 bits per heavy atom. The molecule has 198 valence electrons. The molecule has 1 heterocycles. The number of methoxy groups -OCH3 is 2. The zero-order valence-corrected chi connectivity index (χ0v) is 21.4. The largest absolute Gasteiger partial charge is 0.497 e. The molecule has 0 bridgehead atoms. The van der Waals surface area contributed by atoms with Gasteiger partial charge >= 0.3 is 6.09 Å². The third kappa shape index (κ3) is 6.61. The van der Waals surface area contributed by atoms with Crippen molar-refractivity contribution in [2.45, 2.75) is 31.5 Å². The highest BCUT2D eigenvalue weighted by molar-refractivity contribution is 5.99. The van der Waals surface area contributed by atoms with Gasteiger partial charge < -0.3 is 24.8 Å². The Balaban J connectivity index is 1.47. The van der Waals surface area contributed by atoms with Crippen molar-refractivity contribution in [3.63, 3.8) is 0 Å². The molecule has 9 nitrogen and oxygen atoms in total. The fourth-order valence-corrected chi connectivity index (χ4v) is 4.28. The molecule has 0 aromatic heterocycles. The summed E-state index contributed by atoms with van der Waals surface area (Å²) in [6.45, 7) is 0.514. The van der Waals surface area contributed by atoms with Crippen LogP contribution in [0.2, 0.25) is 0 Å². The SMILES string of the molecule is COc1ccc(NC(=O)[C@@H](NC(=O)[C@@H]2CCCN2C(=O)OCc2ccccc2)c2ccc(OC)cc2)cc1. The van der Waals surface area contributed by atoms with Gasteiger partial charge in [-0.3, -0.25) is 14.5 Å². The van der Waals surface area contributed by atoms with Crippen molar-refractivity contribution in [2.75, 3.05) is 26.1 Å². The van der Waals surface area contributed by atoms with Crippen LogP contribution >= 0.6 is 0 Å². The lowest BCUT2D eigenvalue weighted by atomic mass is 10.0. The fraction of sp³-hybridized carbons (Fsp3) is 0.276. The maximum atomic E-state index is 13.4. The molecule has 3 aromatic carbocycles. The zero-order chi connectivity index (χ0) is 26.9. The van der Waals surface area contributed by atoms with Crippen LogP contribution in [0.15, 0.2) is 78.9 Å². The van der Waals surface area contributed by atoms with Crippen LogP contribution in [-0.2, 0) is 20.9 Å². The summed E-state index contributed by atoms with van der Waals surface area (Å²) in [7, 11) is 3.11. The molecule has 2 N–H and O–H groups in total. The molecule has 1 saturated heterocycles. The highest BCUT2D eigenvalue weighted by atomic mass is 16.6. The minimum Gasteiger partial charge on any atom is -0.497 e. The van der Waals surface area contributed by atoms with E-state index >= 15 is 0 Å². The Labute approximate surface area is 221 Å². The number of nitrogens with one attached hydrogen (secondary N) is 2. The van der Waals surface area contributed by atoms with Gasteiger partial charge in [-0.15, -0.1) is 0 Å². The summed E-state index contributed by atoms with van der Waals surface area (Å²) in [6.07, 6.45) is 0.570. The molecule has 4 rings (SSSR count). The highest BCUT2D eigenvalue weighted by Gasteiger charge is 2.37. The number of amides is 3. The number of likely N-dealkylation sites (tertiary alicyclic amines) is 1. The van der Waals surface area contributed by atoms with E-state index in [0.717, 1.165) is 5.56 Å². The van der Waals surface area contributed by atoms with Crippen molar-refractivity contribution in [3.05, 3.63) is 90.0 Å². The van der Waals surface area contributed by atoms with Crippen LogP contribution in [0.5, 0.6) is 11.5 Å². The lowest BCUT2D eigenvalue weighted by molar-refractivity contribution is -0.129. The first kappa shape index (κ1) is 26.5. The number of carbonyl (C=O) groups is 3. The maximum Gasteiger partial charge on any atom is 0.410 e. The van der Waals surface area contributed by atoms with Gasteiger partial charge in [-0.05, 0) is 60.4 Å². The van der Waals surface area contributed by atoms with E-state index in [2.05, 4.69) is 10.6 Å². The van der Waals surface area contributed by atoms with Crippen molar-refractivity contribution in [1.29, 1.82) is 0 Å². The van der Waals surface area contributed by atoms with Gasteiger partial charge in [0.15, 0.2) is 0 Å². The molecule has 38 heavy (non-hydrogen) atoms. The second kappa shape index (κ2) is 12.6. The molecule has 0 unspecified atom stereocenters. The van der Waals surface area contributed by atoms with Crippen LogP contribution in [0.3, 0.4) is 0 Å². The third-order valence-electron chi connectivity index (χ3n) is 6.35. The van der Waals surface area contributed by atoms with Crippen LogP contribution in [0, 0.1) is 0 Å². The van der Waals surface area contributed by atoms with E-state index in [9.17, 15) is 14.4 Å². The summed E-state index contributed by atoms with van der Waals surface area (Å²) in [4.78, 5) is 41.0. The van der Waals surface area contributed by atoms with Gasteiger partial charge in [0.05, 0.1) is 14.2 Å². The van der Waals surface area contributed by atoms with Gasteiger partial charge in [0.1, 0.15) is 30.2 Å². The van der Waals surface area contributed by atoms with Crippen molar-refractivity contribution in [1.82, 2.24) is 10.2 Å². The number of rotatable bonds is 9. The van der Waals surface area contributed by atoms with E-state index in [0.29, 0.717) is 42.1 Å². The van der Waals surface area contributed by atoms with Crippen LogP contribution in [0.4, 0.5) is 10.5 Å². The minimum absolute atomic E-state index is 0.114. The quantitative estimate of drug-likeness (QED) is 0.438. The summed E-state index contributed by atoms with van der Waals surface area (Å²) >= 11 is 0. The van der Waals surface area contributed by atoms with Crippen LogP contribution in [0.25, 0.3) is 0 Å². The average molecular weight is 518 g/mol. The van der Waals surface area contributed by atoms with E-state index in [-0.39, 0.29) is 6.61 Å². The van der Waals surface area contributed by atoms with Crippen molar-refractivity contribution in [2.24, 2.45) is 0 Å². The monoisotopic (exact) mass is 517 g/mol. The summed E-state index contributed by atoms with van der Waals surface area (Å²) in [5.41, 5.74) is 1.98. The van der Waals surface area contributed by atoms with Gasteiger partial charge in [0, 0.05) is 12.2 Å². The van der Waals surface area contributed by atoms with Gasteiger partial charge in [-0.25, -0.2) is 4.79 Å². The Kier molecular flexibility index (Phi) is 8.81. The second-order valence-corrected chi connectivity index (χ2v) is 8.82. The van der Waals surface area contributed by atoms with Gasteiger partial charge in [0.25, 0.3) is 5.91 Å². The number of hydrogen-bond acceptors (Lipinski definition) is 6. The first-order valence-corrected chi connectivity index (χ1v) is 12.3. The van der Waals surface area contributed by atoms with E-state index in [1.54, 1.807) is 62.8 Å². The number of nitrogens with zero attached hydrogens (tertiary/aromatic N) is 1. The molecule has 1 fully saturated rings. The lowest BCUT2D eigenvalue weighted by Gasteiger charge is -2.26. The first-order chi connectivity index (χ1) is 18.5. The molecular formula is C29H31N3O6. The predicted octanol–water partition coefficient (Wildman–Crippen LogP) is 4.30. The lowest BCUT2D eigenvalue weighted by Crippen LogP contribution is -2.48. The molecule has 0 aliphatic carbocycles. The molecular weight excluding hydrogens is 486 g/mol. The molecule has 1 aliphatic rings. The Morgan fingerprint density at radius 1 is 0.895 bits per heavy atom. The van der Waals surface area contributed by atoms with Gasteiger partial charge in [0.2, 0.25) is 5.91 Å². The number of carbonyl (C=O) groups excluding carboxylic acids is 3. The molecule has 1 aliphatic heterocycles. The molecule has 9 heteroatoms. The highest BCUT2D eigenvalue weighted by Crippen LogP contribution is 2.24. The van der Waals surface area contributed by atoms with Crippen molar-refractivity contribution >= 4 is 23.6 Å². The Hall–Kier alpha value is -4.53. The van der Waals surface area contributed by atoms with Gasteiger partial charge in [-0.1, -0.05) is 42.5 Å². The van der Waals surface area contributed by atoms with Crippen LogP contribution < -0.4 is 20.1 Å². The number of benzene rings is 3. The smallest absolute Gasteiger partial charge is 0.410 e. The standard InChI is InChI=1S/C29H31N3O6/c1-36-23-14-10-21(11-15-23)26(28(34)30-22-12-16-24(37-2)17-13-22)31-27(33)25-9-6-18-32(25)29(35)38-19-20-7-4-3-5-8-20/h3-5,7-8,10-17,25-26H,6,9,18-19H2,1-2H3,(H,30,34)(H,31,33)/t25-,26-/m0/s1. The normalized spacial score (nSPS) is 15.3. The average Bonchev–Trinajstić information content (AvgIpc) is 3.46. The molecule has 0 radical (unpaired) electrons. The second-order valence-electron chi connectivity index (χ2n) is 8.82. The number of anilines is 1. The summed E-state index contributed by atoms with van der Waals surface area (Å²) in [5.74, 6) is 0.427.